The van der Waals surface area contributed by atoms with Crippen LogP contribution < -0.4 is 5.32 Å². The van der Waals surface area contributed by atoms with Crippen molar-refractivity contribution in [1.82, 2.24) is 10.2 Å². The zero-order valence-electron chi connectivity index (χ0n) is 6.05. The van der Waals surface area contributed by atoms with E-state index >= 15 is 0 Å². The third-order valence-electron chi connectivity index (χ3n) is 1.86. The molecule has 1 radical (unpaired) electrons. The first-order valence-electron chi connectivity index (χ1n) is 3.59. The fourth-order valence-electron chi connectivity index (χ4n) is 1.18. The lowest BCUT2D eigenvalue weighted by molar-refractivity contribution is -0.120. The van der Waals surface area contributed by atoms with Gasteiger partial charge in [0.2, 0.25) is 6.41 Å². The number of carbonyl (C=O) groups is 1. The standard InChI is InChI=1S/C7H13N2O/c1-2-7-5-8-3-4-9(7)6-10/h6-8H,1-5H2. The summed E-state index contributed by atoms with van der Waals surface area (Å²) in [5.41, 5.74) is 0. The average molecular weight is 141 g/mol. The molecular weight excluding hydrogens is 128 g/mol. The van der Waals surface area contributed by atoms with E-state index in [0.717, 1.165) is 32.5 Å². The van der Waals surface area contributed by atoms with Crippen molar-refractivity contribution >= 4 is 6.41 Å². The summed E-state index contributed by atoms with van der Waals surface area (Å²) in [6, 6.07) is 0.311. The first kappa shape index (κ1) is 7.54. The summed E-state index contributed by atoms with van der Waals surface area (Å²) >= 11 is 0. The van der Waals surface area contributed by atoms with Gasteiger partial charge in [-0.05, 0) is 6.42 Å². The topological polar surface area (TPSA) is 32.3 Å². The van der Waals surface area contributed by atoms with Gasteiger partial charge in [-0.2, -0.15) is 0 Å². The van der Waals surface area contributed by atoms with Gasteiger partial charge in [0, 0.05) is 25.7 Å². The molecule has 0 aromatic carbocycles. The predicted octanol–water partition coefficient (Wildman–Crippen LogP) is -0.359. The Labute approximate surface area is 61.4 Å². The number of piperazine rings is 1. The van der Waals surface area contributed by atoms with E-state index in [9.17, 15) is 4.79 Å². The van der Waals surface area contributed by atoms with Gasteiger partial charge in [-0.3, -0.25) is 4.79 Å². The molecule has 3 nitrogen and oxygen atoms in total. The molecule has 0 aromatic heterocycles. The van der Waals surface area contributed by atoms with Crippen molar-refractivity contribution in [3.05, 3.63) is 6.92 Å². The Kier molecular flexibility index (Phi) is 2.68. The average Bonchev–Trinajstić information content (AvgIpc) is 2.04. The van der Waals surface area contributed by atoms with Crippen LogP contribution in [-0.2, 0) is 4.79 Å². The molecule has 1 saturated heterocycles. The van der Waals surface area contributed by atoms with Gasteiger partial charge in [0.25, 0.3) is 0 Å². The quantitative estimate of drug-likeness (QED) is 0.533. The van der Waals surface area contributed by atoms with E-state index in [2.05, 4.69) is 12.2 Å². The van der Waals surface area contributed by atoms with Crippen LogP contribution in [0.2, 0.25) is 0 Å². The summed E-state index contributed by atoms with van der Waals surface area (Å²) in [6.07, 6.45) is 1.71. The predicted molar refractivity (Wildman–Crippen MR) is 39.4 cm³/mol. The first-order valence-corrected chi connectivity index (χ1v) is 3.59. The van der Waals surface area contributed by atoms with Crippen LogP contribution in [0.5, 0.6) is 0 Å². The molecule has 0 spiro atoms. The number of nitrogens with one attached hydrogen (secondary N) is 1. The SMILES string of the molecule is [CH2]CC1CNCCN1C=O. The highest BCUT2D eigenvalue weighted by Crippen LogP contribution is 2.02. The minimum atomic E-state index is 0.311. The van der Waals surface area contributed by atoms with E-state index < -0.39 is 0 Å². The molecule has 0 aliphatic carbocycles. The molecule has 10 heavy (non-hydrogen) atoms. The van der Waals surface area contributed by atoms with Crippen LogP contribution in [0.4, 0.5) is 0 Å². The van der Waals surface area contributed by atoms with Crippen molar-refractivity contribution in [3.8, 4) is 0 Å². The molecule has 1 aliphatic heterocycles. The Hall–Kier alpha value is -0.570. The fraction of sp³-hybridized carbons (Fsp3) is 0.714. The van der Waals surface area contributed by atoms with Gasteiger partial charge in [0.1, 0.15) is 0 Å². The van der Waals surface area contributed by atoms with Crippen molar-refractivity contribution in [2.75, 3.05) is 19.6 Å². The number of nitrogens with zero attached hydrogens (tertiary/aromatic N) is 1. The third kappa shape index (κ3) is 1.48. The molecular formula is C7H13N2O. The summed E-state index contributed by atoms with van der Waals surface area (Å²) in [7, 11) is 0. The molecule has 0 bridgehead atoms. The second-order valence-electron chi connectivity index (χ2n) is 2.49. The lowest BCUT2D eigenvalue weighted by Crippen LogP contribution is -2.50. The monoisotopic (exact) mass is 141 g/mol. The molecule has 1 aliphatic rings. The highest BCUT2D eigenvalue weighted by molar-refractivity contribution is 5.48. The summed E-state index contributed by atoms with van der Waals surface area (Å²) in [6.45, 7) is 6.39. The fourth-order valence-corrected chi connectivity index (χ4v) is 1.18. The summed E-state index contributed by atoms with van der Waals surface area (Å²) < 4.78 is 0. The Morgan fingerprint density at radius 3 is 3.10 bits per heavy atom. The number of amides is 1. The molecule has 1 amide bonds. The van der Waals surface area contributed by atoms with E-state index in [4.69, 9.17) is 0 Å². The summed E-state index contributed by atoms with van der Waals surface area (Å²) in [5.74, 6) is 0. The normalized spacial score (nSPS) is 26.5. The minimum Gasteiger partial charge on any atom is -0.340 e. The van der Waals surface area contributed by atoms with Gasteiger partial charge >= 0.3 is 0 Å². The molecule has 57 valence electrons. The molecule has 0 aromatic rings. The van der Waals surface area contributed by atoms with Crippen LogP contribution in [0, 0.1) is 6.92 Å². The molecule has 0 saturated carbocycles. The number of carbonyl (C=O) groups excluding carboxylic acids is 1. The van der Waals surface area contributed by atoms with Gasteiger partial charge in [0.15, 0.2) is 0 Å². The molecule has 3 heteroatoms. The lowest BCUT2D eigenvalue weighted by atomic mass is 10.1. The van der Waals surface area contributed by atoms with Gasteiger partial charge < -0.3 is 10.2 Å². The maximum absolute atomic E-state index is 10.4. The largest absolute Gasteiger partial charge is 0.340 e. The Balaban J connectivity index is 2.41. The summed E-state index contributed by atoms with van der Waals surface area (Å²) in [4.78, 5) is 12.2. The Morgan fingerprint density at radius 2 is 2.60 bits per heavy atom. The van der Waals surface area contributed by atoms with Crippen LogP contribution in [0.3, 0.4) is 0 Å². The highest BCUT2D eigenvalue weighted by Gasteiger charge is 2.17. The van der Waals surface area contributed by atoms with Crippen LogP contribution in [-0.4, -0.2) is 37.0 Å². The maximum atomic E-state index is 10.4. The molecule has 1 atom stereocenters. The molecule has 1 rings (SSSR count). The highest BCUT2D eigenvalue weighted by atomic mass is 16.1. The van der Waals surface area contributed by atoms with Crippen molar-refractivity contribution < 1.29 is 4.79 Å². The Morgan fingerprint density at radius 1 is 1.80 bits per heavy atom. The zero-order chi connectivity index (χ0) is 7.40. The van der Waals surface area contributed by atoms with Crippen LogP contribution in [0.25, 0.3) is 0 Å². The van der Waals surface area contributed by atoms with Gasteiger partial charge in [-0.15, -0.1) is 0 Å². The van der Waals surface area contributed by atoms with E-state index in [1.54, 1.807) is 0 Å². The van der Waals surface area contributed by atoms with Crippen molar-refractivity contribution in [1.29, 1.82) is 0 Å². The summed E-state index contributed by atoms with van der Waals surface area (Å²) in [5, 5.41) is 3.21. The van der Waals surface area contributed by atoms with Crippen LogP contribution in [0.1, 0.15) is 6.42 Å². The van der Waals surface area contributed by atoms with E-state index in [0.29, 0.717) is 6.04 Å². The van der Waals surface area contributed by atoms with E-state index in [1.165, 1.54) is 0 Å². The first-order chi connectivity index (χ1) is 4.88. The van der Waals surface area contributed by atoms with Crippen molar-refractivity contribution in [2.45, 2.75) is 12.5 Å². The molecule has 1 unspecified atom stereocenters. The van der Waals surface area contributed by atoms with Gasteiger partial charge in [-0.25, -0.2) is 0 Å². The molecule has 1 heterocycles. The lowest BCUT2D eigenvalue weighted by Gasteiger charge is -2.32. The number of hydrogen-bond acceptors (Lipinski definition) is 2. The second-order valence-corrected chi connectivity index (χ2v) is 2.49. The zero-order valence-corrected chi connectivity index (χ0v) is 6.05. The van der Waals surface area contributed by atoms with Crippen molar-refractivity contribution in [3.63, 3.8) is 0 Å². The minimum absolute atomic E-state index is 0.311. The second kappa shape index (κ2) is 3.56. The number of hydrogen-bond donors (Lipinski definition) is 1. The maximum Gasteiger partial charge on any atom is 0.210 e. The van der Waals surface area contributed by atoms with Crippen LogP contribution in [0.15, 0.2) is 0 Å². The van der Waals surface area contributed by atoms with Gasteiger partial charge in [0.05, 0.1) is 0 Å². The third-order valence-corrected chi connectivity index (χ3v) is 1.86. The Bertz CT molecular complexity index is 116. The van der Waals surface area contributed by atoms with Crippen LogP contribution >= 0.6 is 0 Å². The van der Waals surface area contributed by atoms with Crippen molar-refractivity contribution in [2.24, 2.45) is 0 Å². The van der Waals surface area contributed by atoms with Gasteiger partial charge in [-0.1, -0.05) is 6.92 Å². The smallest absolute Gasteiger partial charge is 0.210 e. The molecule has 1 N–H and O–H groups in total. The van der Waals surface area contributed by atoms with E-state index in [-0.39, 0.29) is 0 Å². The number of rotatable bonds is 2. The molecule has 1 fully saturated rings. The van der Waals surface area contributed by atoms with E-state index in [1.807, 2.05) is 4.90 Å².